The molecule has 0 aliphatic heterocycles. The molecule has 0 atom stereocenters. The molecule has 1 heterocycles. The van der Waals surface area contributed by atoms with Gasteiger partial charge in [0, 0.05) is 29.3 Å². The second-order valence-electron chi connectivity index (χ2n) is 5.50. The SMILES string of the molecule is COc1cc(CNC2CC(c3ccc(Br)cc3)C2)ccn1. The summed E-state index contributed by atoms with van der Waals surface area (Å²) < 4.78 is 6.29. The fourth-order valence-electron chi connectivity index (χ4n) is 2.73. The van der Waals surface area contributed by atoms with Crippen molar-refractivity contribution in [2.45, 2.75) is 31.3 Å². The normalized spacial score (nSPS) is 20.9. The van der Waals surface area contributed by atoms with Gasteiger partial charge in [-0.3, -0.25) is 0 Å². The quantitative estimate of drug-likeness (QED) is 0.891. The van der Waals surface area contributed by atoms with E-state index in [1.165, 1.54) is 24.0 Å². The molecule has 1 N–H and O–H groups in total. The van der Waals surface area contributed by atoms with E-state index in [1.54, 1.807) is 13.3 Å². The van der Waals surface area contributed by atoms with Gasteiger partial charge in [-0.15, -0.1) is 0 Å². The van der Waals surface area contributed by atoms with Crippen molar-refractivity contribution in [1.82, 2.24) is 10.3 Å². The molecule has 1 saturated carbocycles. The van der Waals surface area contributed by atoms with Crippen molar-refractivity contribution in [3.8, 4) is 5.88 Å². The van der Waals surface area contributed by atoms with E-state index in [2.05, 4.69) is 50.5 Å². The molecule has 21 heavy (non-hydrogen) atoms. The van der Waals surface area contributed by atoms with Crippen LogP contribution < -0.4 is 10.1 Å². The summed E-state index contributed by atoms with van der Waals surface area (Å²) in [6.07, 6.45) is 4.22. The van der Waals surface area contributed by atoms with Gasteiger partial charge in [0.05, 0.1) is 7.11 Å². The third-order valence-corrected chi connectivity index (χ3v) is 4.61. The van der Waals surface area contributed by atoms with Crippen LogP contribution in [0.4, 0.5) is 0 Å². The van der Waals surface area contributed by atoms with E-state index in [9.17, 15) is 0 Å². The van der Waals surface area contributed by atoms with Crippen LogP contribution >= 0.6 is 15.9 Å². The van der Waals surface area contributed by atoms with E-state index >= 15 is 0 Å². The average molecular weight is 347 g/mol. The van der Waals surface area contributed by atoms with E-state index < -0.39 is 0 Å². The molecule has 1 aliphatic carbocycles. The maximum atomic E-state index is 5.14. The summed E-state index contributed by atoms with van der Waals surface area (Å²) in [5.74, 6) is 1.37. The largest absolute Gasteiger partial charge is 0.481 e. The van der Waals surface area contributed by atoms with Crippen LogP contribution in [0.2, 0.25) is 0 Å². The van der Waals surface area contributed by atoms with Crippen LogP contribution in [0.15, 0.2) is 47.1 Å². The van der Waals surface area contributed by atoms with Crippen molar-refractivity contribution in [3.05, 3.63) is 58.2 Å². The number of aromatic nitrogens is 1. The number of benzene rings is 1. The van der Waals surface area contributed by atoms with Crippen LogP contribution in [0, 0.1) is 0 Å². The van der Waals surface area contributed by atoms with Gasteiger partial charge in [0.25, 0.3) is 0 Å². The van der Waals surface area contributed by atoms with Crippen molar-refractivity contribution >= 4 is 15.9 Å². The summed E-state index contributed by atoms with van der Waals surface area (Å²) in [6, 6.07) is 13.3. The van der Waals surface area contributed by atoms with Gasteiger partial charge in [-0.05, 0) is 48.1 Å². The van der Waals surface area contributed by atoms with Gasteiger partial charge in [-0.2, -0.15) is 0 Å². The monoisotopic (exact) mass is 346 g/mol. The van der Waals surface area contributed by atoms with Gasteiger partial charge in [-0.1, -0.05) is 28.1 Å². The Morgan fingerprint density at radius 3 is 2.71 bits per heavy atom. The number of nitrogens with zero attached hydrogens (tertiary/aromatic N) is 1. The summed E-state index contributed by atoms with van der Waals surface area (Å²) in [5, 5.41) is 3.61. The molecule has 1 aromatic heterocycles. The number of hydrogen-bond donors (Lipinski definition) is 1. The molecular weight excluding hydrogens is 328 g/mol. The molecule has 1 aromatic carbocycles. The van der Waals surface area contributed by atoms with Crippen LogP contribution in [0.1, 0.15) is 29.9 Å². The van der Waals surface area contributed by atoms with E-state index in [1.807, 2.05) is 12.1 Å². The predicted molar refractivity (Wildman–Crippen MR) is 87.5 cm³/mol. The highest BCUT2D eigenvalue weighted by molar-refractivity contribution is 9.10. The molecular formula is C17H19BrN2O. The highest BCUT2D eigenvalue weighted by atomic mass is 79.9. The van der Waals surface area contributed by atoms with Gasteiger partial charge in [0.15, 0.2) is 0 Å². The Bertz CT molecular complexity index is 594. The topological polar surface area (TPSA) is 34.1 Å². The molecule has 110 valence electrons. The lowest BCUT2D eigenvalue weighted by atomic mass is 9.76. The average Bonchev–Trinajstić information content (AvgIpc) is 2.47. The Balaban J connectivity index is 1.47. The third-order valence-electron chi connectivity index (χ3n) is 4.08. The maximum Gasteiger partial charge on any atom is 0.213 e. The molecule has 0 amide bonds. The fraction of sp³-hybridized carbons (Fsp3) is 0.353. The molecule has 0 spiro atoms. The minimum Gasteiger partial charge on any atom is -0.481 e. The van der Waals surface area contributed by atoms with Crippen LogP contribution in [0.25, 0.3) is 0 Å². The lowest BCUT2D eigenvalue weighted by molar-refractivity contribution is 0.289. The molecule has 3 nitrogen and oxygen atoms in total. The first-order valence-electron chi connectivity index (χ1n) is 7.22. The van der Waals surface area contributed by atoms with Crippen LogP contribution in [0.5, 0.6) is 5.88 Å². The standard InChI is InChI=1S/C17H19BrN2O/c1-21-17-8-12(6-7-19-17)11-20-16-9-14(10-16)13-2-4-15(18)5-3-13/h2-8,14,16,20H,9-11H2,1H3. The van der Waals surface area contributed by atoms with Gasteiger partial charge < -0.3 is 10.1 Å². The second kappa shape index (κ2) is 6.58. The van der Waals surface area contributed by atoms with Crippen molar-refractivity contribution in [2.75, 3.05) is 7.11 Å². The highest BCUT2D eigenvalue weighted by Gasteiger charge is 2.29. The van der Waals surface area contributed by atoms with Crippen molar-refractivity contribution in [3.63, 3.8) is 0 Å². The van der Waals surface area contributed by atoms with E-state index in [0.29, 0.717) is 17.8 Å². The predicted octanol–water partition coefficient (Wildman–Crippen LogP) is 3.89. The molecule has 0 unspecified atom stereocenters. The fourth-order valence-corrected chi connectivity index (χ4v) is 2.99. The zero-order valence-electron chi connectivity index (χ0n) is 12.1. The maximum absolute atomic E-state index is 5.14. The molecule has 0 radical (unpaired) electrons. The first-order chi connectivity index (χ1) is 10.2. The van der Waals surface area contributed by atoms with Crippen LogP contribution in [-0.4, -0.2) is 18.1 Å². The van der Waals surface area contributed by atoms with E-state index in [4.69, 9.17) is 4.74 Å². The number of halogens is 1. The van der Waals surface area contributed by atoms with Crippen LogP contribution in [0.3, 0.4) is 0 Å². The lowest BCUT2D eigenvalue weighted by Crippen LogP contribution is -2.39. The zero-order chi connectivity index (χ0) is 14.7. The van der Waals surface area contributed by atoms with E-state index in [-0.39, 0.29) is 0 Å². The van der Waals surface area contributed by atoms with Crippen molar-refractivity contribution in [1.29, 1.82) is 0 Å². The third kappa shape index (κ3) is 3.63. The van der Waals surface area contributed by atoms with Gasteiger partial charge in [0.2, 0.25) is 5.88 Å². The minimum atomic E-state index is 0.609. The Kier molecular flexibility index (Phi) is 4.56. The molecule has 0 saturated heterocycles. The van der Waals surface area contributed by atoms with Crippen molar-refractivity contribution < 1.29 is 4.74 Å². The Morgan fingerprint density at radius 2 is 2.00 bits per heavy atom. The Hall–Kier alpha value is -1.39. The van der Waals surface area contributed by atoms with Gasteiger partial charge in [-0.25, -0.2) is 4.98 Å². The first-order valence-corrected chi connectivity index (χ1v) is 8.01. The molecule has 3 rings (SSSR count). The summed E-state index contributed by atoms with van der Waals surface area (Å²) in [4.78, 5) is 4.12. The Morgan fingerprint density at radius 1 is 1.24 bits per heavy atom. The summed E-state index contributed by atoms with van der Waals surface area (Å²) in [5.41, 5.74) is 2.66. The van der Waals surface area contributed by atoms with Gasteiger partial charge in [0.1, 0.15) is 0 Å². The first kappa shape index (κ1) is 14.5. The molecule has 1 fully saturated rings. The molecule has 0 bridgehead atoms. The summed E-state index contributed by atoms with van der Waals surface area (Å²) in [6.45, 7) is 0.872. The molecule has 2 aromatic rings. The number of pyridine rings is 1. The van der Waals surface area contributed by atoms with Crippen LogP contribution in [-0.2, 0) is 6.54 Å². The number of hydrogen-bond acceptors (Lipinski definition) is 3. The van der Waals surface area contributed by atoms with E-state index in [0.717, 1.165) is 11.0 Å². The molecule has 1 aliphatic rings. The number of nitrogens with one attached hydrogen (secondary N) is 1. The number of ether oxygens (including phenoxy) is 1. The smallest absolute Gasteiger partial charge is 0.213 e. The zero-order valence-corrected chi connectivity index (χ0v) is 13.6. The van der Waals surface area contributed by atoms with Crippen molar-refractivity contribution in [2.24, 2.45) is 0 Å². The second-order valence-corrected chi connectivity index (χ2v) is 6.42. The summed E-state index contributed by atoms with van der Waals surface area (Å²) in [7, 11) is 1.65. The summed E-state index contributed by atoms with van der Waals surface area (Å²) >= 11 is 3.48. The Labute approximate surface area is 133 Å². The lowest BCUT2D eigenvalue weighted by Gasteiger charge is -2.36. The number of rotatable bonds is 5. The molecule has 4 heteroatoms. The number of methoxy groups -OCH3 is 1. The highest BCUT2D eigenvalue weighted by Crippen LogP contribution is 2.37. The minimum absolute atomic E-state index is 0.609. The van der Waals surface area contributed by atoms with Gasteiger partial charge >= 0.3 is 0 Å².